The molecule has 0 spiro atoms. The second-order valence-corrected chi connectivity index (χ2v) is 17.1. The van der Waals surface area contributed by atoms with Crippen LogP contribution < -0.4 is 0 Å². The van der Waals surface area contributed by atoms with E-state index in [2.05, 4.69) is 265 Å². The van der Waals surface area contributed by atoms with Crippen LogP contribution in [0, 0.1) is 71.0 Å². The lowest BCUT2D eigenvalue weighted by Gasteiger charge is -2.08. The lowest BCUT2D eigenvalue weighted by molar-refractivity contribution is 1.68. The van der Waals surface area contributed by atoms with Gasteiger partial charge in [-0.05, 0) is 207 Å². The minimum absolute atomic E-state index is 0.914. The van der Waals surface area contributed by atoms with Gasteiger partial charge < -0.3 is 0 Å². The van der Waals surface area contributed by atoms with Gasteiger partial charge in [0, 0.05) is 44.5 Å². The number of hydrogen-bond donors (Lipinski definition) is 0. The first-order valence-electron chi connectivity index (χ1n) is 22.6. The summed E-state index contributed by atoms with van der Waals surface area (Å²) in [7, 11) is 0. The van der Waals surface area contributed by atoms with Crippen LogP contribution in [0.4, 0.5) is 0 Å². The summed E-state index contributed by atoms with van der Waals surface area (Å²) in [6, 6.07) is 68.3. The van der Waals surface area contributed by atoms with Gasteiger partial charge in [-0.3, -0.25) is 0 Å². The Kier molecular flexibility index (Phi) is 9.04. The molecule has 304 valence electrons. The van der Waals surface area contributed by atoms with Gasteiger partial charge in [-0.1, -0.05) is 144 Å². The van der Waals surface area contributed by atoms with Crippen LogP contribution >= 0.6 is 0 Å². The first-order chi connectivity index (χ1) is 33.7. The highest BCUT2D eigenvalue weighted by atomic mass is 14.1. The quantitative estimate of drug-likeness (QED) is 0.105. The van der Waals surface area contributed by atoms with Crippen LogP contribution in [-0.4, -0.2) is 0 Å². The summed E-state index contributed by atoms with van der Waals surface area (Å²) in [6.07, 6.45) is 0. The average molecular weight is 849 g/mol. The monoisotopic (exact) mass is 848 g/mol. The second kappa shape index (κ2) is 16.0. The molecule has 8 bridgehead atoms. The SMILES string of the molecule is C1#Cc2cccc3cc4cccc(c4cc23)C#CC#Cc2cccc3cc4cccc(c4cc23)C#Cc2cccc3cc4cccc(c4cc23)C#Cc2cccc3cc4cccc(c4cc23)C#C1. The van der Waals surface area contributed by atoms with Crippen molar-refractivity contribution in [1.29, 1.82) is 0 Å². The van der Waals surface area contributed by atoms with Gasteiger partial charge in [0.15, 0.2) is 0 Å². The summed E-state index contributed by atoms with van der Waals surface area (Å²) >= 11 is 0. The Balaban J connectivity index is 1.03. The van der Waals surface area contributed by atoms with E-state index >= 15 is 0 Å². The molecule has 0 radical (unpaired) electrons. The van der Waals surface area contributed by atoms with Gasteiger partial charge in [0.25, 0.3) is 0 Å². The molecule has 0 heterocycles. The van der Waals surface area contributed by atoms with E-state index in [1.807, 2.05) is 0 Å². The molecule has 12 aromatic carbocycles. The van der Waals surface area contributed by atoms with Crippen molar-refractivity contribution in [3.8, 4) is 71.0 Å². The highest BCUT2D eigenvalue weighted by Crippen LogP contribution is 2.32. The van der Waals surface area contributed by atoms with Gasteiger partial charge in [-0.2, -0.15) is 0 Å². The van der Waals surface area contributed by atoms with Crippen LogP contribution in [-0.2, 0) is 0 Å². The molecular weight excluding hydrogens is 817 g/mol. The van der Waals surface area contributed by atoms with E-state index in [0.29, 0.717) is 0 Å². The van der Waals surface area contributed by atoms with E-state index < -0.39 is 0 Å². The smallest absolute Gasteiger partial charge is 0.0334 e. The first kappa shape index (κ1) is 38.5. The molecule has 68 heavy (non-hydrogen) atoms. The molecule has 12 aromatic rings. The highest BCUT2D eigenvalue weighted by molar-refractivity contribution is 6.07. The predicted octanol–water partition coefficient (Wildman–Crippen LogP) is 14.8. The molecule has 0 aliphatic heterocycles. The average Bonchev–Trinajstić information content (AvgIpc) is 3.37. The predicted molar refractivity (Wildman–Crippen MR) is 285 cm³/mol. The molecular formula is C68H32. The van der Waals surface area contributed by atoms with Crippen molar-refractivity contribution < 1.29 is 0 Å². The molecule has 0 amide bonds. The highest BCUT2D eigenvalue weighted by Gasteiger charge is 2.10. The summed E-state index contributed by atoms with van der Waals surface area (Å²) in [5.74, 6) is 40.6. The molecule has 0 atom stereocenters. The van der Waals surface area contributed by atoms with Crippen LogP contribution in [0.3, 0.4) is 0 Å². The maximum atomic E-state index is 3.59. The molecule has 13 rings (SSSR count). The Morgan fingerprint density at radius 3 is 0.500 bits per heavy atom. The number of hydrogen-bond acceptors (Lipinski definition) is 0. The maximum Gasteiger partial charge on any atom is 0.0334 e. The summed E-state index contributed by atoms with van der Waals surface area (Å²) in [4.78, 5) is 0. The van der Waals surface area contributed by atoms with E-state index in [-0.39, 0.29) is 0 Å². The van der Waals surface area contributed by atoms with Gasteiger partial charge in [-0.25, -0.2) is 0 Å². The summed E-state index contributed by atoms with van der Waals surface area (Å²) in [6.45, 7) is 0. The van der Waals surface area contributed by atoms with Gasteiger partial charge in [0.1, 0.15) is 0 Å². The minimum atomic E-state index is 0.914. The van der Waals surface area contributed by atoms with Gasteiger partial charge in [0.05, 0.1) is 0 Å². The molecule has 0 aromatic heterocycles. The van der Waals surface area contributed by atoms with E-state index in [9.17, 15) is 0 Å². The van der Waals surface area contributed by atoms with Crippen molar-refractivity contribution in [3.63, 3.8) is 0 Å². The van der Waals surface area contributed by atoms with E-state index in [0.717, 1.165) is 131 Å². The molecule has 0 heteroatoms. The van der Waals surface area contributed by atoms with Crippen LogP contribution in [0.1, 0.15) is 44.5 Å². The summed E-state index contributed by atoms with van der Waals surface area (Å²) < 4.78 is 0. The van der Waals surface area contributed by atoms with E-state index in [4.69, 9.17) is 0 Å². The van der Waals surface area contributed by atoms with Crippen LogP contribution in [0.25, 0.3) is 86.2 Å². The van der Waals surface area contributed by atoms with Crippen LogP contribution in [0.2, 0.25) is 0 Å². The van der Waals surface area contributed by atoms with Gasteiger partial charge in [-0.15, -0.1) is 0 Å². The fourth-order valence-corrected chi connectivity index (χ4v) is 9.74. The number of benzene rings is 12. The zero-order chi connectivity index (χ0) is 45.0. The number of rotatable bonds is 0. The summed E-state index contributed by atoms with van der Waals surface area (Å²) in [5.41, 5.74) is 7.52. The topological polar surface area (TPSA) is 0 Å². The Morgan fingerprint density at radius 1 is 0.162 bits per heavy atom. The van der Waals surface area contributed by atoms with E-state index in [1.165, 1.54) is 0 Å². The lowest BCUT2D eigenvalue weighted by atomic mass is 9.95. The Morgan fingerprint density at radius 2 is 0.324 bits per heavy atom. The summed E-state index contributed by atoms with van der Waals surface area (Å²) in [5, 5.41) is 17.6. The molecule has 0 N–H and O–H groups in total. The van der Waals surface area contributed by atoms with Gasteiger partial charge >= 0.3 is 0 Å². The van der Waals surface area contributed by atoms with Crippen molar-refractivity contribution in [2.75, 3.05) is 0 Å². The third-order valence-corrected chi connectivity index (χ3v) is 13.1. The Hall–Kier alpha value is -9.92. The Bertz CT molecular complexity index is 4350. The normalized spacial score (nSPS) is 11.5. The van der Waals surface area contributed by atoms with Crippen molar-refractivity contribution in [2.45, 2.75) is 0 Å². The lowest BCUT2D eigenvalue weighted by Crippen LogP contribution is -1.87. The molecule has 0 nitrogen and oxygen atoms in total. The zero-order valence-electron chi connectivity index (χ0n) is 36.5. The molecule has 1 aliphatic rings. The van der Waals surface area contributed by atoms with Crippen molar-refractivity contribution in [3.05, 3.63) is 239 Å². The van der Waals surface area contributed by atoms with Crippen molar-refractivity contribution in [2.24, 2.45) is 0 Å². The largest absolute Gasteiger partial charge is 0.0610 e. The Labute approximate surface area is 393 Å². The minimum Gasteiger partial charge on any atom is -0.0610 e. The standard InChI is InChI=1S/C68H32/c1-3-15-47-19-7-27-55-38-57-29-9-21-49(65(57)42-63(47)55)33-35-51-23-11-31-59-40-60-32-12-24-52(68(60)44-67(51)59)36-34-50-22-10-30-58-39-56-28-8-20-48(64(56)43-66(50)58)16-4-2-14-46-18-6-26-54-37-53-25-5-17-45(13-1)61(53)41-62(46)54/h5-12,17-32,37-44H. The second-order valence-electron chi connectivity index (χ2n) is 17.1. The molecule has 1 aliphatic carbocycles. The van der Waals surface area contributed by atoms with Crippen molar-refractivity contribution >= 4 is 86.2 Å². The fourth-order valence-electron chi connectivity index (χ4n) is 9.74. The van der Waals surface area contributed by atoms with Crippen LogP contribution in [0.5, 0.6) is 0 Å². The van der Waals surface area contributed by atoms with Gasteiger partial charge in [0.2, 0.25) is 0 Å². The molecule has 0 saturated carbocycles. The molecule has 0 fully saturated rings. The zero-order valence-corrected chi connectivity index (χ0v) is 36.5. The third kappa shape index (κ3) is 6.81. The third-order valence-electron chi connectivity index (χ3n) is 13.1. The molecule has 0 unspecified atom stereocenters. The fraction of sp³-hybridized carbons (Fsp3) is 0. The first-order valence-corrected chi connectivity index (χ1v) is 22.6. The van der Waals surface area contributed by atoms with Crippen molar-refractivity contribution in [1.82, 2.24) is 0 Å². The van der Waals surface area contributed by atoms with E-state index in [1.54, 1.807) is 0 Å². The van der Waals surface area contributed by atoms with Crippen LogP contribution in [0.15, 0.2) is 194 Å². The maximum absolute atomic E-state index is 3.59. The molecule has 0 saturated heterocycles.